The van der Waals surface area contributed by atoms with Gasteiger partial charge in [0, 0.05) is 36.3 Å². The number of benzene rings is 2. The van der Waals surface area contributed by atoms with Gasteiger partial charge in [-0.15, -0.1) is 0 Å². The summed E-state index contributed by atoms with van der Waals surface area (Å²) in [5.41, 5.74) is 1.99. The molecule has 4 heteroatoms. The van der Waals surface area contributed by atoms with E-state index in [1.54, 1.807) is 12.1 Å². The van der Waals surface area contributed by atoms with Gasteiger partial charge in [-0.2, -0.15) is 0 Å². The van der Waals surface area contributed by atoms with Crippen molar-refractivity contribution in [3.63, 3.8) is 0 Å². The molecule has 2 fully saturated rings. The molecule has 0 unspecified atom stereocenters. The summed E-state index contributed by atoms with van der Waals surface area (Å²) < 4.78 is 0. The Kier molecular flexibility index (Phi) is 4.64. The normalized spacial score (nSPS) is 24.3. The molecule has 2 N–H and O–H groups in total. The molecule has 1 saturated carbocycles. The lowest BCUT2D eigenvalue weighted by molar-refractivity contribution is 0.196. The van der Waals surface area contributed by atoms with Gasteiger partial charge in [-0.25, -0.2) is 0 Å². The molecule has 1 aliphatic heterocycles. The van der Waals surface area contributed by atoms with Gasteiger partial charge in [0.05, 0.1) is 6.67 Å². The minimum Gasteiger partial charge on any atom is -0.508 e. The number of para-hydroxylation sites is 2. The second-order valence-corrected chi connectivity index (χ2v) is 7.31. The molecule has 25 heavy (non-hydrogen) atoms. The Bertz CT molecular complexity index is 672. The molecule has 0 bridgehead atoms. The van der Waals surface area contributed by atoms with Crippen molar-refractivity contribution in [2.75, 3.05) is 6.67 Å². The van der Waals surface area contributed by atoms with E-state index in [0.29, 0.717) is 23.6 Å². The second-order valence-electron chi connectivity index (χ2n) is 7.31. The van der Waals surface area contributed by atoms with E-state index in [4.69, 9.17) is 0 Å². The SMILES string of the molecule is Oc1ccccc1CN1CN(Cc2ccccc2O)[C@H]2CCCC[C@@H]21. The van der Waals surface area contributed by atoms with Crippen molar-refractivity contribution in [2.24, 2.45) is 0 Å². The van der Waals surface area contributed by atoms with Crippen molar-refractivity contribution in [3.05, 3.63) is 59.7 Å². The molecule has 4 rings (SSSR count). The largest absolute Gasteiger partial charge is 0.508 e. The summed E-state index contributed by atoms with van der Waals surface area (Å²) in [5, 5.41) is 20.3. The van der Waals surface area contributed by atoms with Crippen molar-refractivity contribution in [2.45, 2.75) is 50.9 Å². The van der Waals surface area contributed by atoms with Gasteiger partial charge in [-0.05, 0) is 25.0 Å². The molecule has 2 aromatic rings. The third kappa shape index (κ3) is 3.37. The number of fused-ring (bicyclic) bond motifs is 1. The molecular formula is C21H26N2O2. The van der Waals surface area contributed by atoms with Crippen LogP contribution in [0.5, 0.6) is 11.5 Å². The standard InChI is InChI=1S/C21H26N2O2/c24-20-11-5-1-7-16(20)13-22-15-23(19-10-4-3-9-18(19)22)14-17-8-2-6-12-21(17)25/h1-2,5-8,11-12,18-19,24-25H,3-4,9-10,13-15H2/t18-,19-/m0/s1. The zero-order valence-corrected chi connectivity index (χ0v) is 14.5. The monoisotopic (exact) mass is 338 g/mol. The summed E-state index contributed by atoms with van der Waals surface area (Å²) in [6.07, 6.45) is 5.00. The first-order valence-corrected chi connectivity index (χ1v) is 9.24. The van der Waals surface area contributed by atoms with Crippen LogP contribution in [0, 0.1) is 0 Å². The molecule has 1 saturated heterocycles. The van der Waals surface area contributed by atoms with Crippen LogP contribution in [0.15, 0.2) is 48.5 Å². The molecule has 0 radical (unpaired) electrons. The first-order valence-electron chi connectivity index (χ1n) is 9.24. The first-order chi connectivity index (χ1) is 12.2. The van der Waals surface area contributed by atoms with Gasteiger partial charge in [0.2, 0.25) is 0 Å². The minimum absolute atomic E-state index is 0.383. The van der Waals surface area contributed by atoms with Crippen LogP contribution in [-0.4, -0.2) is 38.8 Å². The van der Waals surface area contributed by atoms with E-state index in [1.165, 1.54) is 25.7 Å². The highest BCUT2D eigenvalue weighted by molar-refractivity contribution is 5.33. The number of nitrogens with zero attached hydrogens (tertiary/aromatic N) is 2. The predicted octanol–water partition coefficient (Wildman–Crippen LogP) is 3.68. The number of phenolic OH excluding ortho intramolecular Hbond substituents is 2. The number of hydrogen-bond acceptors (Lipinski definition) is 4. The smallest absolute Gasteiger partial charge is 0.120 e. The van der Waals surface area contributed by atoms with Crippen molar-refractivity contribution in [1.82, 2.24) is 9.80 Å². The van der Waals surface area contributed by atoms with Crippen LogP contribution in [0.3, 0.4) is 0 Å². The van der Waals surface area contributed by atoms with Crippen LogP contribution in [-0.2, 0) is 13.1 Å². The molecule has 1 heterocycles. The van der Waals surface area contributed by atoms with Crippen LogP contribution in [0.2, 0.25) is 0 Å². The van der Waals surface area contributed by atoms with E-state index in [0.717, 1.165) is 30.9 Å². The molecule has 2 aliphatic rings. The number of rotatable bonds is 4. The summed E-state index contributed by atoms with van der Waals surface area (Å²) in [5.74, 6) is 0.767. The fourth-order valence-corrected chi connectivity index (χ4v) is 4.45. The summed E-state index contributed by atoms with van der Waals surface area (Å²) in [4.78, 5) is 5.00. The van der Waals surface area contributed by atoms with Crippen molar-refractivity contribution < 1.29 is 10.2 Å². The third-order valence-electron chi connectivity index (χ3n) is 5.73. The lowest BCUT2D eigenvalue weighted by atomic mass is 9.90. The lowest BCUT2D eigenvalue weighted by Gasteiger charge is -2.32. The summed E-state index contributed by atoms with van der Waals surface area (Å²) in [6.45, 7) is 2.45. The second kappa shape index (κ2) is 7.06. The molecule has 0 spiro atoms. The molecule has 132 valence electrons. The number of hydrogen-bond donors (Lipinski definition) is 2. The van der Waals surface area contributed by atoms with Crippen LogP contribution in [0.1, 0.15) is 36.8 Å². The zero-order chi connectivity index (χ0) is 17.2. The highest BCUT2D eigenvalue weighted by Crippen LogP contribution is 2.36. The van der Waals surface area contributed by atoms with Crippen molar-refractivity contribution in [1.29, 1.82) is 0 Å². The molecule has 4 nitrogen and oxygen atoms in total. The summed E-state index contributed by atoms with van der Waals surface area (Å²) in [7, 11) is 0. The Morgan fingerprint density at radius 3 is 1.60 bits per heavy atom. The summed E-state index contributed by atoms with van der Waals surface area (Å²) in [6, 6.07) is 16.4. The Morgan fingerprint density at radius 1 is 0.720 bits per heavy atom. The first kappa shape index (κ1) is 16.4. The topological polar surface area (TPSA) is 46.9 Å². The zero-order valence-electron chi connectivity index (χ0n) is 14.5. The molecular weight excluding hydrogens is 312 g/mol. The van der Waals surface area contributed by atoms with Gasteiger partial charge in [0.15, 0.2) is 0 Å². The third-order valence-corrected chi connectivity index (χ3v) is 5.73. The van der Waals surface area contributed by atoms with Gasteiger partial charge in [0.25, 0.3) is 0 Å². The Balaban J connectivity index is 1.53. The van der Waals surface area contributed by atoms with E-state index >= 15 is 0 Å². The number of aromatic hydroxyl groups is 2. The maximum atomic E-state index is 10.1. The average molecular weight is 338 g/mol. The van der Waals surface area contributed by atoms with E-state index in [1.807, 2.05) is 36.4 Å². The quantitative estimate of drug-likeness (QED) is 0.893. The maximum Gasteiger partial charge on any atom is 0.120 e. The maximum absolute atomic E-state index is 10.1. The van der Waals surface area contributed by atoms with Gasteiger partial charge in [0.1, 0.15) is 11.5 Å². The fourth-order valence-electron chi connectivity index (χ4n) is 4.45. The van der Waals surface area contributed by atoms with Gasteiger partial charge >= 0.3 is 0 Å². The fraction of sp³-hybridized carbons (Fsp3) is 0.429. The predicted molar refractivity (Wildman–Crippen MR) is 98.2 cm³/mol. The van der Waals surface area contributed by atoms with Crippen LogP contribution in [0.4, 0.5) is 0 Å². The highest BCUT2D eigenvalue weighted by Gasteiger charge is 2.41. The number of phenols is 2. The Morgan fingerprint density at radius 2 is 1.16 bits per heavy atom. The van der Waals surface area contributed by atoms with E-state index < -0.39 is 0 Å². The Hall–Kier alpha value is -2.04. The molecule has 2 atom stereocenters. The van der Waals surface area contributed by atoms with Crippen molar-refractivity contribution >= 4 is 0 Å². The van der Waals surface area contributed by atoms with Crippen LogP contribution >= 0.6 is 0 Å². The van der Waals surface area contributed by atoms with E-state index in [2.05, 4.69) is 9.80 Å². The summed E-state index contributed by atoms with van der Waals surface area (Å²) >= 11 is 0. The molecule has 0 amide bonds. The van der Waals surface area contributed by atoms with Gasteiger partial charge in [-0.3, -0.25) is 9.80 Å². The molecule has 0 aromatic heterocycles. The highest BCUT2D eigenvalue weighted by atomic mass is 16.3. The van der Waals surface area contributed by atoms with Crippen LogP contribution in [0.25, 0.3) is 0 Å². The van der Waals surface area contributed by atoms with Crippen molar-refractivity contribution in [3.8, 4) is 11.5 Å². The van der Waals surface area contributed by atoms with E-state index in [-0.39, 0.29) is 0 Å². The van der Waals surface area contributed by atoms with Gasteiger partial charge < -0.3 is 10.2 Å². The lowest BCUT2D eigenvalue weighted by Crippen LogP contribution is -2.39. The average Bonchev–Trinajstić information content (AvgIpc) is 2.97. The van der Waals surface area contributed by atoms with Gasteiger partial charge in [-0.1, -0.05) is 49.2 Å². The Labute approximate surface area is 149 Å². The van der Waals surface area contributed by atoms with Crippen LogP contribution < -0.4 is 0 Å². The molecule has 2 aromatic carbocycles. The minimum atomic E-state index is 0.383. The molecule has 1 aliphatic carbocycles. The van der Waals surface area contributed by atoms with E-state index in [9.17, 15) is 10.2 Å².